The molecular weight excluding hydrogens is 352 g/mol. The molecule has 0 aromatic rings. The molecule has 0 aromatic heterocycles. The Labute approximate surface area is 173 Å². The predicted octanol–water partition coefficient (Wildman–Crippen LogP) is 5.03. The lowest BCUT2D eigenvalue weighted by Gasteiger charge is -2.27. The summed E-state index contributed by atoms with van der Waals surface area (Å²) in [6, 6.07) is 0. The van der Waals surface area contributed by atoms with E-state index in [4.69, 9.17) is 11.5 Å². The summed E-state index contributed by atoms with van der Waals surface area (Å²) in [5.41, 5.74) is 11.5. The van der Waals surface area contributed by atoms with E-state index in [0.717, 1.165) is 19.3 Å². The topological polar surface area (TPSA) is 113 Å². The third-order valence-electron chi connectivity index (χ3n) is 5.79. The molecule has 0 aliphatic rings. The number of hydrogen-bond donors (Lipinski definition) is 5. The molecule has 0 saturated heterocycles. The second-order valence-corrected chi connectivity index (χ2v) is 8.47. The molecule has 1 atom stereocenters. The van der Waals surface area contributed by atoms with E-state index < -0.39 is 11.9 Å². The average Bonchev–Trinajstić information content (AvgIpc) is 2.62. The second kappa shape index (κ2) is 17.1. The molecule has 0 radical (unpaired) electrons. The van der Waals surface area contributed by atoms with Gasteiger partial charge >= 0.3 is 0 Å². The van der Waals surface area contributed by atoms with Crippen molar-refractivity contribution in [1.29, 1.82) is 0 Å². The zero-order valence-electron chi connectivity index (χ0n) is 18.6. The molecule has 1 unspecified atom stereocenters. The Morgan fingerprint density at radius 3 is 1.25 bits per heavy atom. The molecule has 0 aliphatic heterocycles. The molecule has 0 aliphatic carbocycles. The van der Waals surface area contributed by atoms with Crippen LogP contribution in [0.3, 0.4) is 0 Å². The van der Waals surface area contributed by atoms with Crippen LogP contribution >= 0.6 is 0 Å². The van der Waals surface area contributed by atoms with Crippen LogP contribution in [-0.4, -0.2) is 21.3 Å². The molecule has 0 amide bonds. The van der Waals surface area contributed by atoms with Crippen molar-refractivity contribution in [3.05, 3.63) is 11.4 Å². The summed E-state index contributed by atoms with van der Waals surface area (Å²) in [7, 11) is 0. The van der Waals surface area contributed by atoms with Gasteiger partial charge < -0.3 is 26.8 Å². The summed E-state index contributed by atoms with van der Waals surface area (Å²) >= 11 is 0. The number of aliphatic hydroxyl groups is 3. The lowest BCUT2D eigenvalue weighted by atomic mass is 9.91. The van der Waals surface area contributed by atoms with Crippen molar-refractivity contribution < 1.29 is 15.3 Å². The first-order valence-corrected chi connectivity index (χ1v) is 11.7. The maximum Gasteiger partial charge on any atom is 0.282 e. The summed E-state index contributed by atoms with van der Waals surface area (Å²) in [6.07, 6.45) is 21.1. The fourth-order valence-corrected chi connectivity index (χ4v) is 3.80. The lowest BCUT2D eigenvalue weighted by molar-refractivity contribution is -0.336. The van der Waals surface area contributed by atoms with Gasteiger partial charge in [-0.05, 0) is 18.9 Å². The fraction of sp³-hybridized carbons (Fsp3) is 0.913. The van der Waals surface area contributed by atoms with Gasteiger partial charge in [0, 0.05) is 0 Å². The summed E-state index contributed by atoms with van der Waals surface area (Å²) in [5, 5.41) is 28.5. The van der Waals surface area contributed by atoms with Crippen LogP contribution in [-0.2, 0) is 0 Å². The Kier molecular flexibility index (Phi) is 16.6. The number of nitrogens with two attached hydrogens (primary N) is 2. The summed E-state index contributed by atoms with van der Waals surface area (Å²) in [4.78, 5) is 0. The first-order chi connectivity index (χ1) is 13.3. The largest absolute Gasteiger partial charge is 0.386 e. The Morgan fingerprint density at radius 2 is 0.964 bits per heavy atom. The van der Waals surface area contributed by atoms with Crippen molar-refractivity contribution in [2.75, 3.05) is 0 Å². The van der Waals surface area contributed by atoms with Gasteiger partial charge in [-0.3, -0.25) is 0 Å². The molecule has 0 heterocycles. The van der Waals surface area contributed by atoms with Crippen molar-refractivity contribution in [2.24, 2.45) is 17.4 Å². The average molecular weight is 401 g/mol. The van der Waals surface area contributed by atoms with Crippen molar-refractivity contribution in [2.45, 2.75) is 129 Å². The minimum absolute atomic E-state index is 0.0445. The van der Waals surface area contributed by atoms with E-state index in [-0.39, 0.29) is 5.82 Å². The SMILES string of the molecule is CCCCCCCCCCCCCCCCCCC(C(C)=C(N)N)C(O)(O)O. The Hall–Kier alpha value is -0.780. The van der Waals surface area contributed by atoms with Crippen LogP contribution < -0.4 is 11.5 Å². The van der Waals surface area contributed by atoms with Gasteiger partial charge in [0.1, 0.15) is 0 Å². The van der Waals surface area contributed by atoms with E-state index in [9.17, 15) is 15.3 Å². The minimum Gasteiger partial charge on any atom is -0.386 e. The molecule has 0 rings (SSSR count). The normalized spacial score (nSPS) is 12.9. The van der Waals surface area contributed by atoms with Gasteiger partial charge in [-0.15, -0.1) is 0 Å². The van der Waals surface area contributed by atoms with Gasteiger partial charge in [0.15, 0.2) is 0 Å². The highest BCUT2D eigenvalue weighted by Crippen LogP contribution is 2.27. The zero-order valence-corrected chi connectivity index (χ0v) is 18.6. The zero-order chi connectivity index (χ0) is 21.3. The van der Waals surface area contributed by atoms with E-state index in [0.29, 0.717) is 12.0 Å². The second-order valence-electron chi connectivity index (χ2n) is 8.47. The molecule has 5 heteroatoms. The molecule has 0 spiro atoms. The van der Waals surface area contributed by atoms with E-state index in [1.54, 1.807) is 6.92 Å². The maximum absolute atomic E-state index is 9.49. The quantitative estimate of drug-likeness (QED) is 0.154. The monoisotopic (exact) mass is 400 g/mol. The molecule has 28 heavy (non-hydrogen) atoms. The van der Waals surface area contributed by atoms with Crippen molar-refractivity contribution >= 4 is 0 Å². The maximum atomic E-state index is 9.49. The first-order valence-electron chi connectivity index (χ1n) is 11.7. The summed E-state index contributed by atoms with van der Waals surface area (Å²) in [6.45, 7) is 3.89. The van der Waals surface area contributed by atoms with Gasteiger partial charge in [0.2, 0.25) is 0 Å². The van der Waals surface area contributed by atoms with E-state index in [1.165, 1.54) is 83.5 Å². The molecule has 168 valence electrons. The molecule has 0 aromatic carbocycles. The van der Waals surface area contributed by atoms with Crippen molar-refractivity contribution in [3.63, 3.8) is 0 Å². The minimum atomic E-state index is -2.76. The molecule has 0 saturated carbocycles. The molecule has 0 bridgehead atoms. The van der Waals surface area contributed by atoms with Gasteiger partial charge in [0.05, 0.1) is 11.7 Å². The van der Waals surface area contributed by atoms with Crippen LogP contribution in [0.1, 0.15) is 123 Å². The standard InChI is InChI=1S/C23H48N2O3/c1-3-4-5-6-7-8-9-10-11-12-13-14-15-16-17-18-19-21(23(26,27)28)20(2)22(24)25/h21,26-28H,3-19,24-25H2,1-2H3. The first kappa shape index (κ1) is 27.2. The smallest absolute Gasteiger partial charge is 0.282 e. The van der Waals surface area contributed by atoms with Crippen molar-refractivity contribution in [1.82, 2.24) is 0 Å². The highest BCUT2D eigenvalue weighted by Gasteiger charge is 2.33. The van der Waals surface area contributed by atoms with E-state index >= 15 is 0 Å². The van der Waals surface area contributed by atoms with Gasteiger partial charge in [-0.25, -0.2) is 0 Å². The van der Waals surface area contributed by atoms with Crippen molar-refractivity contribution in [3.8, 4) is 0 Å². The Morgan fingerprint density at radius 1 is 0.643 bits per heavy atom. The van der Waals surface area contributed by atoms with Crippen LogP contribution in [0.2, 0.25) is 0 Å². The molecule has 0 fully saturated rings. The highest BCUT2D eigenvalue weighted by atomic mass is 16.7. The van der Waals surface area contributed by atoms with Crippen LogP contribution in [0.15, 0.2) is 11.4 Å². The van der Waals surface area contributed by atoms with Crippen LogP contribution in [0, 0.1) is 5.92 Å². The predicted molar refractivity (Wildman–Crippen MR) is 118 cm³/mol. The summed E-state index contributed by atoms with van der Waals surface area (Å²) < 4.78 is 0. The lowest BCUT2D eigenvalue weighted by Crippen LogP contribution is -2.39. The van der Waals surface area contributed by atoms with Crippen LogP contribution in [0.25, 0.3) is 0 Å². The molecule has 5 nitrogen and oxygen atoms in total. The third-order valence-corrected chi connectivity index (χ3v) is 5.79. The molecule has 7 N–H and O–H groups in total. The number of unbranched alkanes of at least 4 members (excludes halogenated alkanes) is 15. The van der Waals surface area contributed by atoms with Crippen LogP contribution in [0.4, 0.5) is 0 Å². The fourth-order valence-electron chi connectivity index (χ4n) is 3.80. The third kappa shape index (κ3) is 15.2. The number of hydrogen-bond acceptors (Lipinski definition) is 5. The highest BCUT2D eigenvalue weighted by molar-refractivity contribution is 5.10. The molecular formula is C23H48N2O3. The van der Waals surface area contributed by atoms with Gasteiger partial charge in [-0.2, -0.15) is 0 Å². The van der Waals surface area contributed by atoms with Crippen LogP contribution in [0.5, 0.6) is 0 Å². The Bertz CT molecular complexity index is 388. The van der Waals surface area contributed by atoms with E-state index in [1.807, 2.05) is 0 Å². The van der Waals surface area contributed by atoms with Gasteiger partial charge in [-0.1, -0.05) is 110 Å². The number of rotatable bonds is 19. The van der Waals surface area contributed by atoms with E-state index in [2.05, 4.69) is 6.92 Å². The van der Waals surface area contributed by atoms with Gasteiger partial charge in [0.25, 0.3) is 5.97 Å². The summed E-state index contributed by atoms with van der Waals surface area (Å²) in [5.74, 6) is -3.55. The Balaban J connectivity index is 3.51.